The third-order valence-electron chi connectivity index (χ3n) is 24.0. The van der Waals surface area contributed by atoms with Gasteiger partial charge < -0.3 is 153 Å². The van der Waals surface area contributed by atoms with Crippen LogP contribution in [0.3, 0.4) is 0 Å². The molecule has 31 N–H and O–H groups in total. The number of aromatic nitrogens is 3. The predicted octanol–water partition coefficient (Wildman–Crippen LogP) is -6.97. The van der Waals surface area contributed by atoms with Gasteiger partial charge in [-0.1, -0.05) is 71.9 Å². The van der Waals surface area contributed by atoms with Crippen molar-refractivity contribution in [3.63, 3.8) is 0 Å². The van der Waals surface area contributed by atoms with Crippen LogP contribution in [0.25, 0.3) is 10.9 Å². The predicted molar refractivity (Wildman–Crippen MR) is 550 cm³/mol. The van der Waals surface area contributed by atoms with E-state index < -0.39 is 278 Å². The van der Waals surface area contributed by atoms with Gasteiger partial charge in [0.25, 0.3) is 0 Å². The summed E-state index contributed by atoms with van der Waals surface area (Å²) in [6, 6.07) is -10.1. The number of aliphatic hydroxyl groups is 1. The number of benzene rings is 2. The van der Waals surface area contributed by atoms with Gasteiger partial charge in [-0.2, -0.15) is 37.0 Å². The minimum Gasteiger partial charge on any atom is -0.508 e. The Kier molecular flexibility index (Phi) is 52.3. The van der Waals surface area contributed by atoms with E-state index in [0.29, 0.717) is 41.3 Å². The van der Waals surface area contributed by atoms with E-state index in [9.17, 15) is 111 Å². The first kappa shape index (κ1) is 124. The van der Waals surface area contributed by atoms with Crippen molar-refractivity contribution in [3.05, 3.63) is 84.1 Å². The summed E-state index contributed by atoms with van der Waals surface area (Å²) in [5, 5.41) is 93.9. The minimum absolute atomic E-state index is 0.0103. The first-order valence-electron chi connectivity index (χ1n) is 48.9. The molecule has 0 saturated carbocycles. The van der Waals surface area contributed by atoms with E-state index in [1.54, 1.807) is 78.3 Å². The van der Waals surface area contributed by atoms with Crippen molar-refractivity contribution in [2.75, 3.05) is 82.4 Å². The number of hydrogen-bond acceptors (Lipinski definition) is 30. The van der Waals surface area contributed by atoms with Gasteiger partial charge in [-0.3, -0.25) is 106 Å². The Balaban J connectivity index is 1.14. The molecule has 52 nitrogen and oxygen atoms in total. The van der Waals surface area contributed by atoms with Gasteiger partial charge in [0.2, 0.25) is 112 Å². The number of thiol groups is 2. The zero-order valence-electron chi connectivity index (χ0n) is 84.4. The molecule has 2 saturated heterocycles. The van der Waals surface area contributed by atoms with Crippen LogP contribution < -0.4 is 113 Å². The van der Waals surface area contributed by atoms with E-state index in [1.165, 1.54) is 65.3 Å². The summed E-state index contributed by atoms with van der Waals surface area (Å²) in [6.07, 6.45) is 3.57. The van der Waals surface area contributed by atoms with Crippen LogP contribution in [0.1, 0.15) is 149 Å². The molecule has 0 unspecified atom stereocenters. The number of likely N-dealkylation sites (tertiary alicyclic amines) is 2. The number of fused-ring (bicyclic) bond motifs is 1. The van der Waals surface area contributed by atoms with Crippen LogP contribution in [0.4, 0.5) is 0 Å². The number of phenolic OH excluding ortho intramolecular Hbond substituents is 1. The van der Waals surface area contributed by atoms with Crippen molar-refractivity contribution in [2.45, 2.75) is 248 Å². The maximum atomic E-state index is 15.0. The Hall–Kier alpha value is -13.9. The molecule has 19 amide bonds. The zero-order chi connectivity index (χ0) is 110. The molecule has 2 aliphatic heterocycles. The Morgan fingerprint density at radius 2 is 0.966 bits per heavy atom. The van der Waals surface area contributed by atoms with E-state index in [2.05, 4.69) is 136 Å². The molecule has 0 aliphatic carbocycles. The standard InChI is InChI=1S/C94H143N27O25S3/c1-48(2)32-61(80(133)104-41-72(125)103-44-76(130)131)113-90(143)70-21-15-30-121(70)93(146)60(18-11-12-27-95)110-88(141)68(46-148)117-91(144)77(50(5)6)118-86(139)64(35-53-39-101-57-17-10-9-16-56(53)57)115-92(145)78(51(7)122)119-85(138)62(33-49(3)4)114-89(142)69-20-14-29-120(69)74(127)43-105-79(132)59(26-31-149-8)109-81(134)58(19-13-28-100-94(97)98)108-87(140)67(45-147)116-83(136)65(36-54-40-99-47-106-54)112-82(135)63(34-52-22-24-55(123)25-23-52)111-84(137)66(37-75(128)129)107-73(126)42-102-71(124)38-96/h9-10,16-17,22-25,39-40,47-51,58-70,77-78,101,122-123,147-148H,11-15,18-21,26-38,41-46,95-96H2,1-8H3,(H,99,106)(H,102,124)(H,103,125)(H,104,133)(H,105,132)(H,107,126)(H,108,140)(H,109,134)(H,110,141)(H,111,137)(H,112,135)(H,113,143)(H,114,142)(H,115,145)(H,116,136)(H,117,144)(H,118,139)(H,119,138)(H,128,129)(H,130,131)(H4,97,98,100)/t51-,58+,59+,60+,61+,62+,63+,64+,65+,66+,67+,68+,69+,70+,77+,78+/m1/s1. The molecule has 2 aliphatic rings. The van der Waals surface area contributed by atoms with Crippen LogP contribution >= 0.6 is 37.0 Å². The number of guanidine groups is 1. The lowest BCUT2D eigenvalue weighted by molar-refractivity contribution is -0.142. The number of carbonyl (C=O) groups is 21. The van der Waals surface area contributed by atoms with Crippen LogP contribution in [0.2, 0.25) is 0 Å². The smallest absolute Gasteiger partial charge is 0.322 e. The van der Waals surface area contributed by atoms with E-state index in [0.717, 1.165) is 0 Å². The number of aromatic amines is 2. The van der Waals surface area contributed by atoms with Gasteiger partial charge in [-0.15, -0.1) is 0 Å². The number of rotatable bonds is 64. The van der Waals surface area contributed by atoms with Crippen LogP contribution in [-0.2, 0) is 120 Å². The second kappa shape index (κ2) is 63.0. The van der Waals surface area contributed by atoms with E-state index in [4.69, 9.17) is 27.7 Å². The maximum absolute atomic E-state index is 15.0. The average molecular weight is 2150 g/mol. The highest BCUT2D eigenvalue weighted by Crippen LogP contribution is 2.25. The number of unbranched alkanes of at least 4 members (excludes halogenated alkanes) is 1. The van der Waals surface area contributed by atoms with Gasteiger partial charge >= 0.3 is 11.9 Å². The summed E-state index contributed by atoms with van der Waals surface area (Å²) in [6.45, 7) is 8.43. The fourth-order valence-corrected chi connectivity index (χ4v) is 17.2. The number of amides is 19. The zero-order valence-corrected chi connectivity index (χ0v) is 87.0. The largest absolute Gasteiger partial charge is 0.508 e. The summed E-state index contributed by atoms with van der Waals surface area (Å²) in [4.78, 5) is 304. The Morgan fingerprint density at radius 1 is 0.483 bits per heavy atom. The lowest BCUT2D eigenvalue weighted by Gasteiger charge is -2.31. The molecular formula is C94H143N27O25S3. The highest BCUT2D eigenvalue weighted by molar-refractivity contribution is 7.98. The molecule has 6 rings (SSSR count). The number of aliphatic carboxylic acids is 2. The highest BCUT2D eigenvalue weighted by atomic mass is 32.2. The fraction of sp³-hybridized carbons (Fsp3) is 0.585. The van der Waals surface area contributed by atoms with Crippen molar-refractivity contribution < 1.29 is 121 Å². The second-order valence-corrected chi connectivity index (χ2v) is 38.9. The van der Waals surface area contributed by atoms with E-state index in [-0.39, 0.29) is 138 Å². The number of carbonyl (C=O) groups excluding carboxylic acids is 19. The van der Waals surface area contributed by atoms with Gasteiger partial charge in [0.05, 0.1) is 45.0 Å². The minimum atomic E-state index is -1.85. The summed E-state index contributed by atoms with van der Waals surface area (Å²) in [7, 11) is 0. The van der Waals surface area contributed by atoms with E-state index >= 15 is 4.79 Å². The van der Waals surface area contributed by atoms with Gasteiger partial charge in [0, 0.05) is 79.4 Å². The number of aliphatic hydroxyl groups excluding tert-OH is 1. The number of aromatic hydroxyl groups is 1. The summed E-state index contributed by atoms with van der Waals surface area (Å²) < 4.78 is 0. The normalized spacial score (nSPS) is 16.1. The molecule has 4 heterocycles. The molecule has 822 valence electrons. The van der Waals surface area contributed by atoms with Crippen LogP contribution in [0.15, 0.2) is 67.3 Å². The van der Waals surface area contributed by atoms with Crippen molar-refractivity contribution in [1.29, 1.82) is 5.41 Å². The molecule has 55 heteroatoms. The van der Waals surface area contributed by atoms with Gasteiger partial charge in [0.15, 0.2) is 5.96 Å². The molecule has 149 heavy (non-hydrogen) atoms. The lowest BCUT2D eigenvalue weighted by atomic mass is 9.99. The summed E-state index contributed by atoms with van der Waals surface area (Å²) in [5.74, 6) is -22.5. The molecular weight excluding hydrogens is 2000 g/mol. The van der Waals surface area contributed by atoms with Crippen molar-refractivity contribution in [3.8, 4) is 5.75 Å². The lowest BCUT2D eigenvalue weighted by Crippen LogP contribution is -2.62. The topological polar surface area (TPSA) is 809 Å². The first-order chi connectivity index (χ1) is 70.7. The number of thioether (sulfide) groups is 1. The quantitative estimate of drug-likeness (QED) is 0.00845. The van der Waals surface area contributed by atoms with Crippen molar-refractivity contribution in [2.24, 2.45) is 35.0 Å². The average Bonchev–Trinajstić information content (AvgIpc) is 1.71. The third kappa shape index (κ3) is 41.6. The number of para-hydroxylation sites is 1. The molecule has 2 fully saturated rings. The first-order valence-corrected chi connectivity index (χ1v) is 51.6. The van der Waals surface area contributed by atoms with Gasteiger partial charge in [-0.25, -0.2) is 4.98 Å². The molecule has 2 aromatic carbocycles. The molecule has 2 aromatic heterocycles. The monoisotopic (exact) mass is 2150 g/mol. The Labute approximate surface area is 875 Å². The van der Waals surface area contributed by atoms with E-state index in [1.807, 2.05) is 0 Å². The van der Waals surface area contributed by atoms with Crippen molar-refractivity contribution in [1.82, 2.24) is 120 Å². The number of carboxylic acids is 2. The second-order valence-electron chi connectivity index (χ2n) is 37.2. The third-order valence-corrected chi connectivity index (χ3v) is 25.4. The summed E-state index contributed by atoms with van der Waals surface area (Å²) >= 11 is 10.0. The number of nitrogens with zero attached hydrogens (tertiary/aromatic N) is 3. The maximum Gasteiger partial charge on any atom is 0.322 e. The number of hydrogen-bond donors (Lipinski definition) is 30. The van der Waals surface area contributed by atoms with Gasteiger partial charge in [-0.05, 0) is 150 Å². The number of phenols is 1. The molecule has 0 radical (unpaired) electrons. The number of carboxylic acid groups (broad SMARTS) is 2. The SMILES string of the molecule is CSCC[C@H](NC(=O)[C@H](CCCNC(=N)N)NC(=O)[C@H](CS)NC(=O)[C@H](Cc1cnc[nH]1)NC(=O)[C@H](Cc1ccc(O)cc1)NC(=O)[C@H](CC(=O)O)NC(=O)CNC(=O)CN)C(=O)NCC(=O)N1CCC[C@H]1C(=O)N[C@@H](CC(C)C)C(=O)N[C@H](C(=O)N[C@@H](Cc1c[nH]c2ccccc12)C(=O)N[C@H](C(=O)N[C@@H](CS)C(=O)N[C@@H](CCCCN)C(=O)N1CCC[C@H]1C(=O)N[C@@H](CC(C)C)C(=O)NCC(=O)NCC(=O)O)C(C)C)[C@@H](C)O. The Bertz CT molecular complexity index is 5270. The number of imidazole rings is 1. The molecule has 0 bridgehead atoms. The molecule has 4 aromatic rings. The number of nitrogens with two attached hydrogens (primary N) is 3. The van der Waals surface area contributed by atoms with Crippen LogP contribution in [0, 0.1) is 23.2 Å². The fourth-order valence-electron chi connectivity index (χ4n) is 16.3. The summed E-state index contributed by atoms with van der Waals surface area (Å²) in [5.41, 5.74) is 18.4. The molecule has 0 spiro atoms. The Morgan fingerprint density at radius 3 is 1.53 bits per heavy atom. The van der Waals surface area contributed by atoms with Gasteiger partial charge in [0.1, 0.15) is 103 Å². The number of H-pyrrole nitrogens is 2. The van der Waals surface area contributed by atoms with Crippen molar-refractivity contribution >= 4 is 178 Å². The number of nitrogens with one attached hydrogen (secondary N) is 21. The van der Waals surface area contributed by atoms with Crippen LogP contribution in [-0.4, -0.2) is 354 Å². The highest BCUT2D eigenvalue weighted by Gasteiger charge is 2.44. The molecule has 16 atom stereocenters. The van der Waals surface area contributed by atoms with Crippen LogP contribution in [0.5, 0.6) is 5.75 Å².